The van der Waals surface area contributed by atoms with Crippen molar-refractivity contribution in [2.75, 3.05) is 4.90 Å². The Labute approximate surface area is 350 Å². The quantitative estimate of drug-likeness (QED) is 0.150. The van der Waals surface area contributed by atoms with Crippen LogP contribution in [-0.2, 0) is 0 Å². The molecule has 0 N–H and O–H groups in total. The minimum Gasteiger partial charge on any atom is -0.310 e. The number of hydrogen-bond acceptors (Lipinski definition) is 1. The van der Waals surface area contributed by atoms with Gasteiger partial charge in [0, 0.05) is 33.4 Å². The van der Waals surface area contributed by atoms with Crippen LogP contribution in [0.2, 0.25) is 0 Å². The first-order valence-corrected chi connectivity index (χ1v) is 20.6. The van der Waals surface area contributed by atoms with Gasteiger partial charge in [-0.05, 0) is 110 Å². The van der Waals surface area contributed by atoms with Crippen molar-refractivity contribution in [1.29, 1.82) is 0 Å². The van der Waals surface area contributed by atoms with E-state index in [9.17, 15) is 0 Å². The van der Waals surface area contributed by atoms with E-state index in [4.69, 9.17) is 0 Å². The number of nitrogens with zero attached hydrogens (tertiary/aromatic N) is 2. The molecule has 1 heterocycles. The lowest BCUT2D eigenvalue weighted by molar-refractivity contribution is 1.18. The lowest BCUT2D eigenvalue weighted by Gasteiger charge is -2.28. The SMILES string of the molecule is c1ccc(-c2ccc(-c3ccc(N(c4ccc5ccccc5c4)c4ccccc4-c4cccc(-c5cccc6c5c5ccccc5n6-c5ccccc5)c4)cc3)cc2)cc1. The molecule has 0 saturated carbocycles. The van der Waals surface area contributed by atoms with Gasteiger partial charge in [-0.15, -0.1) is 0 Å². The van der Waals surface area contributed by atoms with E-state index in [0.29, 0.717) is 0 Å². The molecule has 0 unspecified atom stereocenters. The maximum absolute atomic E-state index is 2.41. The van der Waals surface area contributed by atoms with Crippen LogP contribution in [0.15, 0.2) is 243 Å². The molecule has 60 heavy (non-hydrogen) atoms. The van der Waals surface area contributed by atoms with Gasteiger partial charge in [0.25, 0.3) is 0 Å². The van der Waals surface area contributed by atoms with Crippen molar-refractivity contribution in [2.24, 2.45) is 0 Å². The van der Waals surface area contributed by atoms with Crippen molar-refractivity contribution in [1.82, 2.24) is 4.57 Å². The van der Waals surface area contributed by atoms with Crippen molar-refractivity contribution < 1.29 is 0 Å². The van der Waals surface area contributed by atoms with Crippen molar-refractivity contribution in [3.8, 4) is 50.2 Å². The van der Waals surface area contributed by atoms with Crippen LogP contribution >= 0.6 is 0 Å². The first-order valence-electron chi connectivity index (χ1n) is 20.6. The maximum atomic E-state index is 2.41. The molecule has 0 spiro atoms. The van der Waals surface area contributed by atoms with Crippen LogP contribution in [0.25, 0.3) is 82.8 Å². The van der Waals surface area contributed by atoms with Crippen LogP contribution < -0.4 is 4.90 Å². The Kier molecular flexibility index (Phi) is 8.87. The zero-order valence-electron chi connectivity index (χ0n) is 33.0. The second-order valence-electron chi connectivity index (χ2n) is 15.3. The summed E-state index contributed by atoms with van der Waals surface area (Å²) in [6.45, 7) is 0. The number of hydrogen-bond donors (Lipinski definition) is 0. The summed E-state index contributed by atoms with van der Waals surface area (Å²) in [4.78, 5) is 2.41. The highest BCUT2D eigenvalue weighted by molar-refractivity contribution is 6.16. The highest BCUT2D eigenvalue weighted by atomic mass is 15.1. The summed E-state index contributed by atoms with van der Waals surface area (Å²) in [5, 5.41) is 4.93. The van der Waals surface area contributed by atoms with E-state index >= 15 is 0 Å². The zero-order chi connectivity index (χ0) is 39.8. The molecular weight excluding hydrogens is 725 g/mol. The van der Waals surface area contributed by atoms with Gasteiger partial charge in [-0.3, -0.25) is 0 Å². The van der Waals surface area contributed by atoms with Crippen LogP contribution in [0, 0.1) is 0 Å². The predicted octanol–water partition coefficient (Wildman–Crippen LogP) is 16.1. The number of rotatable bonds is 8. The molecular formula is C58H40N2. The summed E-state index contributed by atoms with van der Waals surface area (Å²) in [6.07, 6.45) is 0. The Hall–Kier alpha value is -7.94. The molecule has 0 fully saturated rings. The van der Waals surface area contributed by atoms with Crippen LogP contribution in [0.4, 0.5) is 17.1 Å². The normalized spacial score (nSPS) is 11.3. The molecule has 0 aliphatic heterocycles. The lowest BCUT2D eigenvalue weighted by Crippen LogP contribution is -2.11. The summed E-state index contributed by atoms with van der Waals surface area (Å²) in [6, 6.07) is 87.9. The first-order chi connectivity index (χ1) is 29.8. The fourth-order valence-electron chi connectivity index (χ4n) is 8.91. The Bertz CT molecular complexity index is 3290. The average molecular weight is 765 g/mol. The summed E-state index contributed by atoms with van der Waals surface area (Å²) in [5.41, 5.74) is 16.4. The van der Waals surface area contributed by atoms with Gasteiger partial charge in [-0.1, -0.05) is 182 Å². The molecule has 0 aliphatic rings. The highest BCUT2D eigenvalue weighted by Gasteiger charge is 2.20. The smallest absolute Gasteiger partial charge is 0.0547 e. The third kappa shape index (κ3) is 6.32. The number of anilines is 3. The zero-order valence-corrected chi connectivity index (χ0v) is 33.0. The van der Waals surface area contributed by atoms with Crippen molar-refractivity contribution >= 4 is 49.6 Å². The average Bonchev–Trinajstić information content (AvgIpc) is 3.67. The van der Waals surface area contributed by atoms with Crippen LogP contribution in [0.5, 0.6) is 0 Å². The van der Waals surface area contributed by atoms with Gasteiger partial charge in [-0.2, -0.15) is 0 Å². The standard InChI is InChI=1S/C58H40N2/c1-3-15-41(16-4-1)43-29-31-44(32-30-43)45-33-36-50(37-34-45)59(51-38-35-42-17-7-8-18-46(42)40-51)55-26-11-9-23-52(55)47-19-13-20-48(39-47)53-25-14-28-57-58(53)54-24-10-12-27-56(54)60(57)49-21-5-2-6-22-49/h1-40H. The minimum atomic E-state index is 1.09. The van der Waals surface area contributed by atoms with Crippen LogP contribution in [-0.4, -0.2) is 4.57 Å². The Morgan fingerprint density at radius 1 is 0.300 bits per heavy atom. The van der Waals surface area contributed by atoms with E-state index in [1.807, 2.05) is 0 Å². The number of benzene rings is 10. The lowest BCUT2D eigenvalue weighted by atomic mass is 9.94. The Morgan fingerprint density at radius 2 is 0.817 bits per heavy atom. The van der Waals surface area contributed by atoms with Gasteiger partial charge in [0.15, 0.2) is 0 Å². The van der Waals surface area contributed by atoms with Gasteiger partial charge in [0.05, 0.1) is 16.7 Å². The van der Waals surface area contributed by atoms with Gasteiger partial charge in [0.2, 0.25) is 0 Å². The third-order valence-electron chi connectivity index (χ3n) is 11.8. The summed E-state index contributed by atoms with van der Waals surface area (Å²) in [7, 11) is 0. The fourth-order valence-corrected chi connectivity index (χ4v) is 8.91. The predicted molar refractivity (Wildman–Crippen MR) is 255 cm³/mol. The second kappa shape index (κ2) is 15.1. The molecule has 2 heteroatoms. The molecule has 0 aliphatic carbocycles. The van der Waals surface area contributed by atoms with E-state index in [1.165, 1.54) is 66.0 Å². The van der Waals surface area contributed by atoms with Crippen molar-refractivity contribution in [3.63, 3.8) is 0 Å². The second-order valence-corrected chi connectivity index (χ2v) is 15.3. The minimum absolute atomic E-state index is 1.09. The molecule has 1 aromatic heterocycles. The summed E-state index contributed by atoms with van der Waals surface area (Å²) in [5.74, 6) is 0. The van der Waals surface area contributed by atoms with Crippen LogP contribution in [0.3, 0.4) is 0 Å². The van der Waals surface area contributed by atoms with E-state index < -0.39 is 0 Å². The number of fused-ring (bicyclic) bond motifs is 4. The van der Waals surface area contributed by atoms with Crippen molar-refractivity contribution in [3.05, 3.63) is 243 Å². The molecule has 0 bridgehead atoms. The third-order valence-corrected chi connectivity index (χ3v) is 11.8. The number of aromatic nitrogens is 1. The Morgan fingerprint density at radius 3 is 1.58 bits per heavy atom. The topological polar surface area (TPSA) is 8.17 Å². The maximum Gasteiger partial charge on any atom is 0.0547 e. The van der Waals surface area contributed by atoms with Crippen LogP contribution in [0.1, 0.15) is 0 Å². The Balaban J connectivity index is 1.03. The monoisotopic (exact) mass is 764 g/mol. The summed E-state index contributed by atoms with van der Waals surface area (Å²) >= 11 is 0. The summed E-state index contributed by atoms with van der Waals surface area (Å²) < 4.78 is 2.39. The first kappa shape index (κ1) is 35.2. The molecule has 0 amide bonds. The highest BCUT2D eigenvalue weighted by Crippen LogP contribution is 2.44. The molecule has 10 aromatic carbocycles. The molecule has 282 valence electrons. The fraction of sp³-hybridized carbons (Fsp3) is 0. The molecule has 0 radical (unpaired) electrons. The molecule has 11 aromatic rings. The largest absolute Gasteiger partial charge is 0.310 e. The van der Waals surface area contributed by atoms with E-state index in [1.54, 1.807) is 0 Å². The molecule has 11 rings (SSSR count). The molecule has 0 atom stereocenters. The van der Waals surface area contributed by atoms with E-state index in [0.717, 1.165) is 33.9 Å². The van der Waals surface area contributed by atoms with E-state index in [-0.39, 0.29) is 0 Å². The van der Waals surface area contributed by atoms with E-state index in [2.05, 4.69) is 252 Å². The number of para-hydroxylation sites is 3. The molecule has 0 saturated heterocycles. The van der Waals surface area contributed by atoms with Gasteiger partial charge in [0.1, 0.15) is 0 Å². The van der Waals surface area contributed by atoms with Gasteiger partial charge in [-0.25, -0.2) is 0 Å². The van der Waals surface area contributed by atoms with Gasteiger partial charge >= 0.3 is 0 Å². The van der Waals surface area contributed by atoms with Crippen molar-refractivity contribution in [2.45, 2.75) is 0 Å². The van der Waals surface area contributed by atoms with Gasteiger partial charge < -0.3 is 9.47 Å². The molecule has 2 nitrogen and oxygen atoms in total.